The number of nitrogens with one attached hydrogen (secondary N) is 4. The van der Waals surface area contributed by atoms with Crippen LogP contribution in [0.25, 0.3) is 0 Å². The highest BCUT2D eigenvalue weighted by atomic mass is 16.2. The van der Waals surface area contributed by atoms with Crippen molar-refractivity contribution < 1.29 is 38.4 Å². The predicted molar refractivity (Wildman–Crippen MR) is 275 cm³/mol. The molecule has 4 atom stereocenters. The molecule has 0 fully saturated rings. The third kappa shape index (κ3) is 49.1. The molecule has 0 rings (SSSR count). The summed E-state index contributed by atoms with van der Waals surface area (Å²) < 4.78 is 0. The number of rotatable bonds is 34. The summed E-state index contributed by atoms with van der Waals surface area (Å²) in [5.41, 5.74) is 0. The molecule has 12 nitrogen and oxygen atoms in total. The van der Waals surface area contributed by atoms with Crippen molar-refractivity contribution in [1.82, 2.24) is 21.3 Å². The Balaban J connectivity index is -0.000000388. The van der Waals surface area contributed by atoms with Gasteiger partial charge in [0, 0.05) is 123 Å². The highest BCUT2D eigenvalue weighted by Gasteiger charge is 2.20. The van der Waals surface area contributed by atoms with Gasteiger partial charge in [0.25, 0.3) is 0 Å². The fraction of sp³-hybridized carbons (Fsp3) is 0.852. The maximum absolute atomic E-state index is 11.7. The molecule has 0 aromatic carbocycles. The van der Waals surface area contributed by atoms with Gasteiger partial charge in [0.05, 0.1) is 0 Å². The lowest BCUT2D eigenvalue weighted by atomic mass is 9.97. The van der Waals surface area contributed by atoms with Gasteiger partial charge in [-0.15, -0.1) is 0 Å². The first-order chi connectivity index (χ1) is 30.3. The van der Waals surface area contributed by atoms with E-state index in [1.807, 2.05) is 55.4 Å². The molecule has 0 heterocycles. The molecule has 4 N–H and O–H groups in total. The molecule has 0 spiro atoms. The summed E-state index contributed by atoms with van der Waals surface area (Å²) in [5.74, 6) is 2.34. The Morgan fingerprint density at radius 1 is 0.273 bits per heavy atom. The molecule has 0 aliphatic heterocycles. The van der Waals surface area contributed by atoms with Crippen LogP contribution >= 0.6 is 0 Å². The Morgan fingerprint density at radius 2 is 0.455 bits per heavy atom. The van der Waals surface area contributed by atoms with Crippen LogP contribution in [0, 0.1) is 23.7 Å². The topological polar surface area (TPSA) is 185 Å². The highest BCUT2D eigenvalue weighted by molar-refractivity contribution is 5.82. The van der Waals surface area contributed by atoms with Gasteiger partial charge in [-0.2, -0.15) is 0 Å². The molecule has 0 radical (unpaired) electrons. The van der Waals surface area contributed by atoms with Gasteiger partial charge in [-0.1, -0.05) is 111 Å². The van der Waals surface area contributed by atoms with Crippen LogP contribution in [0.3, 0.4) is 0 Å². The Hall–Kier alpha value is -2.80. The SMILES string of the molecule is CC(=O)CC[C@@H](CC(=O)C(C)C)NC(C)C.CC(=O)CC[C@@H](CCC(=O)C(C)C)NC(C)C.CC(=O)CC[C@H](CC(=O)C(C)C)NC(C)C.CC(=O)CC[C@H](CCC(=O)C(C)C)NC(C)C. The molecular formula is C54H104N4O8. The second-order valence-corrected chi connectivity index (χ2v) is 21.0. The molecule has 0 aromatic heterocycles. The van der Waals surface area contributed by atoms with Crippen molar-refractivity contribution >= 4 is 46.3 Å². The van der Waals surface area contributed by atoms with Crippen LogP contribution in [0.15, 0.2) is 0 Å². The van der Waals surface area contributed by atoms with E-state index in [4.69, 9.17) is 0 Å². The highest BCUT2D eigenvalue weighted by Crippen LogP contribution is 2.13. The predicted octanol–water partition coefficient (Wildman–Crippen LogP) is 10.1. The van der Waals surface area contributed by atoms with E-state index < -0.39 is 0 Å². The number of ketones is 8. The lowest BCUT2D eigenvalue weighted by Crippen LogP contribution is -2.37. The molecule has 0 unspecified atom stereocenters. The summed E-state index contributed by atoms with van der Waals surface area (Å²) in [6.45, 7) is 38.4. The first kappa shape index (κ1) is 69.8. The molecular weight excluding hydrogens is 833 g/mol. The summed E-state index contributed by atoms with van der Waals surface area (Å²) in [6.07, 6.45) is 9.43. The molecule has 388 valence electrons. The van der Waals surface area contributed by atoms with Gasteiger partial charge in [0.1, 0.15) is 46.3 Å². The minimum atomic E-state index is 0.0776. The second kappa shape index (κ2) is 41.2. The van der Waals surface area contributed by atoms with E-state index in [2.05, 4.69) is 76.7 Å². The average molecular weight is 937 g/mol. The number of Topliss-reactive ketones (excluding diaryl/α,β-unsaturated/α-hetero) is 8. The van der Waals surface area contributed by atoms with Gasteiger partial charge in [-0.3, -0.25) is 19.2 Å². The van der Waals surface area contributed by atoms with E-state index >= 15 is 0 Å². The summed E-state index contributed by atoms with van der Waals surface area (Å²) >= 11 is 0. The van der Waals surface area contributed by atoms with E-state index in [-0.39, 0.29) is 82.5 Å². The minimum absolute atomic E-state index is 0.0776. The van der Waals surface area contributed by atoms with Crippen molar-refractivity contribution in [2.24, 2.45) is 23.7 Å². The lowest BCUT2D eigenvalue weighted by molar-refractivity contribution is -0.123. The molecule has 66 heavy (non-hydrogen) atoms. The van der Waals surface area contributed by atoms with Gasteiger partial charge < -0.3 is 40.4 Å². The van der Waals surface area contributed by atoms with Crippen molar-refractivity contribution in [1.29, 1.82) is 0 Å². The third-order valence-electron chi connectivity index (χ3n) is 10.6. The Bertz CT molecular complexity index is 1270. The van der Waals surface area contributed by atoms with E-state index in [0.29, 0.717) is 87.1 Å². The van der Waals surface area contributed by atoms with Crippen LogP contribution in [-0.2, 0) is 38.4 Å². The molecule has 0 bridgehead atoms. The Morgan fingerprint density at radius 3 is 0.636 bits per heavy atom. The second-order valence-electron chi connectivity index (χ2n) is 21.0. The van der Waals surface area contributed by atoms with Gasteiger partial charge in [0.15, 0.2) is 0 Å². The number of hydrogen-bond donors (Lipinski definition) is 4. The molecule has 0 aliphatic carbocycles. The molecule has 0 saturated heterocycles. The first-order valence-electron chi connectivity index (χ1n) is 25.4. The summed E-state index contributed by atoms with van der Waals surface area (Å²) in [7, 11) is 0. The van der Waals surface area contributed by atoms with Crippen LogP contribution in [0.1, 0.15) is 228 Å². The number of carbonyl (C=O) groups is 8. The van der Waals surface area contributed by atoms with Crippen molar-refractivity contribution in [2.45, 2.75) is 277 Å². The van der Waals surface area contributed by atoms with Crippen LogP contribution < -0.4 is 21.3 Å². The molecule has 0 saturated carbocycles. The first-order valence-corrected chi connectivity index (χ1v) is 25.4. The van der Waals surface area contributed by atoms with E-state index in [1.165, 1.54) is 0 Å². The van der Waals surface area contributed by atoms with Crippen LogP contribution in [0.5, 0.6) is 0 Å². The number of hydrogen-bond acceptors (Lipinski definition) is 12. The fourth-order valence-corrected chi connectivity index (χ4v) is 6.67. The molecule has 0 aliphatic rings. The zero-order chi connectivity index (χ0) is 52.3. The van der Waals surface area contributed by atoms with Crippen LogP contribution in [0.2, 0.25) is 0 Å². The minimum Gasteiger partial charge on any atom is -0.312 e. The van der Waals surface area contributed by atoms with Crippen LogP contribution in [0.4, 0.5) is 0 Å². The normalized spacial score (nSPS) is 13.2. The van der Waals surface area contributed by atoms with Gasteiger partial charge in [-0.25, -0.2) is 0 Å². The standard InChI is InChI=1S/2C14H27NO2.2C13H25NO2/c2*1-10(2)14(17)9-8-13(15-11(3)4)7-6-12(5)16;2*1-9(2)13(16)8-12(14-10(3)4)7-6-11(5)15/h2*10-11,13,15H,6-9H2,1-5H3;2*9-10,12,14H,6-8H2,1-5H3/t2*13-;2*12-/m1010/s1. The summed E-state index contributed by atoms with van der Waals surface area (Å²) in [6, 6.07) is 2.30. The van der Waals surface area contributed by atoms with Gasteiger partial charge in [0.2, 0.25) is 0 Å². The third-order valence-corrected chi connectivity index (χ3v) is 10.6. The van der Waals surface area contributed by atoms with Gasteiger partial charge in [-0.05, 0) is 66.2 Å². The molecule has 0 amide bonds. The van der Waals surface area contributed by atoms with Crippen LogP contribution in [-0.4, -0.2) is 94.6 Å². The average Bonchev–Trinajstić information content (AvgIpc) is 3.17. The van der Waals surface area contributed by atoms with E-state index in [0.717, 1.165) is 38.5 Å². The smallest absolute Gasteiger partial charge is 0.136 e. The quantitative estimate of drug-likeness (QED) is 0.0480. The number of carbonyl (C=O) groups excluding carboxylic acids is 8. The molecule has 12 heteroatoms. The maximum Gasteiger partial charge on any atom is 0.136 e. The zero-order valence-corrected chi connectivity index (χ0v) is 46.1. The summed E-state index contributed by atoms with van der Waals surface area (Å²) in [4.78, 5) is 90.3. The lowest BCUT2D eigenvalue weighted by Gasteiger charge is -2.21. The Kier molecular flexibility index (Phi) is 43.5. The van der Waals surface area contributed by atoms with E-state index in [9.17, 15) is 38.4 Å². The van der Waals surface area contributed by atoms with Crippen molar-refractivity contribution in [3.8, 4) is 0 Å². The van der Waals surface area contributed by atoms with Crippen molar-refractivity contribution in [3.63, 3.8) is 0 Å². The largest absolute Gasteiger partial charge is 0.312 e. The van der Waals surface area contributed by atoms with Crippen molar-refractivity contribution in [3.05, 3.63) is 0 Å². The zero-order valence-electron chi connectivity index (χ0n) is 46.1. The fourth-order valence-electron chi connectivity index (χ4n) is 6.67. The van der Waals surface area contributed by atoms with Gasteiger partial charge >= 0.3 is 0 Å². The van der Waals surface area contributed by atoms with Crippen molar-refractivity contribution in [2.75, 3.05) is 0 Å². The monoisotopic (exact) mass is 937 g/mol. The maximum atomic E-state index is 11.7. The molecule has 0 aromatic rings. The van der Waals surface area contributed by atoms with E-state index in [1.54, 1.807) is 27.7 Å². The Labute approximate surface area is 405 Å². The summed E-state index contributed by atoms with van der Waals surface area (Å²) in [5, 5.41) is 13.5.